The van der Waals surface area contributed by atoms with Crippen molar-refractivity contribution in [2.45, 2.75) is 32.2 Å². The Labute approximate surface area is 80.9 Å². The van der Waals surface area contributed by atoms with Crippen molar-refractivity contribution in [3.05, 3.63) is 11.9 Å². The number of halogens is 2. The van der Waals surface area contributed by atoms with Crippen molar-refractivity contribution in [2.24, 2.45) is 5.92 Å². The molecule has 1 aliphatic carbocycles. The van der Waals surface area contributed by atoms with Gasteiger partial charge in [0.2, 0.25) is 5.92 Å². The molecule has 0 bridgehead atoms. The van der Waals surface area contributed by atoms with Crippen molar-refractivity contribution in [3.63, 3.8) is 0 Å². The summed E-state index contributed by atoms with van der Waals surface area (Å²) in [6.45, 7) is 2.36. The second-order valence-electron chi connectivity index (χ2n) is 4.02. The van der Waals surface area contributed by atoms with Crippen LogP contribution in [0.1, 0.15) is 18.5 Å². The van der Waals surface area contributed by atoms with Crippen LogP contribution in [0.3, 0.4) is 0 Å². The van der Waals surface area contributed by atoms with Gasteiger partial charge in [0.25, 0.3) is 0 Å². The molecule has 5 heteroatoms. The topological polar surface area (TPSA) is 43.8 Å². The summed E-state index contributed by atoms with van der Waals surface area (Å²) in [4.78, 5) is 0. The third-order valence-corrected chi connectivity index (χ3v) is 2.60. The van der Waals surface area contributed by atoms with E-state index in [1.807, 2.05) is 0 Å². The van der Waals surface area contributed by atoms with Crippen LogP contribution < -0.4 is 5.73 Å². The Morgan fingerprint density at radius 3 is 2.71 bits per heavy atom. The van der Waals surface area contributed by atoms with Gasteiger partial charge in [-0.25, -0.2) is 8.78 Å². The molecule has 1 heterocycles. The van der Waals surface area contributed by atoms with Gasteiger partial charge >= 0.3 is 0 Å². The Hall–Kier alpha value is -1.13. The van der Waals surface area contributed by atoms with Crippen molar-refractivity contribution >= 4 is 5.69 Å². The molecule has 3 nitrogen and oxygen atoms in total. The van der Waals surface area contributed by atoms with E-state index in [1.165, 1.54) is 0 Å². The monoisotopic (exact) mass is 201 g/mol. The third kappa shape index (κ3) is 1.71. The lowest BCUT2D eigenvalue weighted by Gasteiger charge is -2.34. The summed E-state index contributed by atoms with van der Waals surface area (Å²) in [6, 6.07) is 0. The van der Waals surface area contributed by atoms with Gasteiger partial charge in [-0.2, -0.15) is 5.10 Å². The molecule has 1 fully saturated rings. The van der Waals surface area contributed by atoms with Gasteiger partial charge in [0.15, 0.2) is 0 Å². The standard InChI is InChI=1S/C9H13F2N3/c1-6-8(12)5-14(13-6)4-7-2-9(10,11)3-7/h5,7H,2-4,12H2,1H3. The number of nitrogens with two attached hydrogens (primary N) is 1. The molecule has 1 aromatic rings. The molecule has 0 aliphatic heterocycles. The summed E-state index contributed by atoms with van der Waals surface area (Å²) in [5, 5.41) is 4.13. The highest BCUT2D eigenvalue weighted by Crippen LogP contribution is 2.43. The molecule has 0 atom stereocenters. The lowest BCUT2D eigenvalue weighted by Crippen LogP contribution is -2.37. The number of aromatic nitrogens is 2. The van der Waals surface area contributed by atoms with Crippen molar-refractivity contribution in [3.8, 4) is 0 Å². The average Bonchev–Trinajstić information content (AvgIpc) is 2.27. The molecule has 1 saturated carbocycles. The summed E-state index contributed by atoms with van der Waals surface area (Å²) in [5.74, 6) is -2.40. The summed E-state index contributed by atoms with van der Waals surface area (Å²) < 4.78 is 26.7. The molecule has 78 valence electrons. The molecule has 0 amide bonds. The molecular formula is C9H13F2N3. The molecule has 0 radical (unpaired) electrons. The predicted molar refractivity (Wildman–Crippen MR) is 49.0 cm³/mol. The summed E-state index contributed by atoms with van der Waals surface area (Å²) in [7, 11) is 0. The highest BCUT2D eigenvalue weighted by atomic mass is 19.3. The van der Waals surface area contributed by atoms with E-state index >= 15 is 0 Å². The third-order valence-electron chi connectivity index (χ3n) is 2.60. The first-order valence-corrected chi connectivity index (χ1v) is 4.64. The lowest BCUT2D eigenvalue weighted by atomic mass is 9.81. The number of rotatable bonds is 2. The second kappa shape index (κ2) is 2.93. The maximum atomic E-state index is 12.5. The number of nitrogen functional groups attached to an aromatic ring is 1. The van der Waals surface area contributed by atoms with Gasteiger partial charge < -0.3 is 5.73 Å². The zero-order chi connectivity index (χ0) is 10.3. The zero-order valence-corrected chi connectivity index (χ0v) is 8.00. The van der Waals surface area contributed by atoms with E-state index in [1.54, 1.807) is 17.8 Å². The lowest BCUT2D eigenvalue weighted by molar-refractivity contribution is -0.114. The fourth-order valence-electron chi connectivity index (χ4n) is 1.81. The molecule has 1 aliphatic rings. The number of hydrogen-bond donors (Lipinski definition) is 1. The van der Waals surface area contributed by atoms with Gasteiger partial charge in [-0.05, 0) is 12.8 Å². The van der Waals surface area contributed by atoms with E-state index in [-0.39, 0.29) is 18.8 Å². The Balaban J connectivity index is 1.93. The van der Waals surface area contributed by atoms with Gasteiger partial charge in [0.05, 0.1) is 11.4 Å². The molecule has 0 saturated heterocycles. The number of nitrogens with zero attached hydrogens (tertiary/aromatic N) is 2. The smallest absolute Gasteiger partial charge is 0.248 e. The van der Waals surface area contributed by atoms with Crippen LogP contribution in [0.25, 0.3) is 0 Å². The fraction of sp³-hybridized carbons (Fsp3) is 0.667. The van der Waals surface area contributed by atoms with E-state index in [9.17, 15) is 8.78 Å². The maximum Gasteiger partial charge on any atom is 0.248 e. The molecule has 1 aromatic heterocycles. The van der Waals surface area contributed by atoms with Crippen LogP contribution in [-0.2, 0) is 6.54 Å². The Morgan fingerprint density at radius 2 is 2.29 bits per heavy atom. The highest BCUT2D eigenvalue weighted by molar-refractivity contribution is 5.39. The van der Waals surface area contributed by atoms with Crippen molar-refractivity contribution in [1.29, 1.82) is 0 Å². The van der Waals surface area contributed by atoms with E-state index in [0.717, 1.165) is 5.69 Å². The largest absolute Gasteiger partial charge is 0.396 e. The average molecular weight is 201 g/mol. The summed E-state index contributed by atoms with van der Waals surface area (Å²) in [5.41, 5.74) is 6.98. The first kappa shape index (κ1) is 9.43. The van der Waals surface area contributed by atoms with Crippen LogP contribution in [0.2, 0.25) is 0 Å². The molecular weight excluding hydrogens is 188 g/mol. The quantitative estimate of drug-likeness (QED) is 0.793. The van der Waals surface area contributed by atoms with E-state index in [0.29, 0.717) is 12.2 Å². The van der Waals surface area contributed by atoms with Gasteiger partial charge in [0.1, 0.15) is 0 Å². The van der Waals surface area contributed by atoms with E-state index in [4.69, 9.17) is 5.73 Å². The molecule has 0 unspecified atom stereocenters. The van der Waals surface area contributed by atoms with Crippen LogP contribution in [0.4, 0.5) is 14.5 Å². The van der Waals surface area contributed by atoms with Crippen LogP contribution in [0.5, 0.6) is 0 Å². The van der Waals surface area contributed by atoms with E-state index < -0.39 is 5.92 Å². The Bertz CT molecular complexity index is 318. The first-order chi connectivity index (χ1) is 6.46. The normalized spacial score (nSPS) is 20.8. The summed E-state index contributed by atoms with van der Waals surface area (Å²) in [6.07, 6.45) is 1.66. The second-order valence-corrected chi connectivity index (χ2v) is 4.02. The first-order valence-electron chi connectivity index (χ1n) is 4.64. The predicted octanol–water partition coefficient (Wildman–Crippen LogP) is 1.82. The van der Waals surface area contributed by atoms with Crippen LogP contribution in [0.15, 0.2) is 6.20 Å². The van der Waals surface area contributed by atoms with Gasteiger partial charge in [-0.15, -0.1) is 0 Å². The minimum atomic E-state index is -2.45. The number of alkyl halides is 2. The van der Waals surface area contributed by atoms with Crippen LogP contribution in [0, 0.1) is 12.8 Å². The molecule has 14 heavy (non-hydrogen) atoms. The fourth-order valence-corrected chi connectivity index (χ4v) is 1.81. The van der Waals surface area contributed by atoms with Crippen LogP contribution >= 0.6 is 0 Å². The minimum Gasteiger partial charge on any atom is -0.396 e. The number of anilines is 1. The van der Waals surface area contributed by atoms with Crippen molar-refractivity contribution < 1.29 is 8.78 Å². The highest BCUT2D eigenvalue weighted by Gasteiger charge is 2.45. The van der Waals surface area contributed by atoms with Crippen molar-refractivity contribution in [2.75, 3.05) is 5.73 Å². The van der Waals surface area contributed by atoms with Gasteiger partial charge in [-0.3, -0.25) is 4.68 Å². The molecule has 2 N–H and O–H groups in total. The zero-order valence-electron chi connectivity index (χ0n) is 8.00. The Morgan fingerprint density at radius 1 is 1.64 bits per heavy atom. The van der Waals surface area contributed by atoms with Crippen LogP contribution in [-0.4, -0.2) is 15.7 Å². The minimum absolute atomic E-state index is 0.0220. The van der Waals surface area contributed by atoms with Gasteiger partial charge in [0, 0.05) is 25.6 Å². The molecule has 2 rings (SSSR count). The Kier molecular flexibility index (Phi) is 1.97. The molecule has 0 aromatic carbocycles. The number of aryl methyl sites for hydroxylation is 1. The van der Waals surface area contributed by atoms with E-state index in [2.05, 4.69) is 5.10 Å². The maximum absolute atomic E-state index is 12.5. The number of hydrogen-bond acceptors (Lipinski definition) is 2. The summed E-state index contributed by atoms with van der Waals surface area (Å²) >= 11 is 0. The van der Waals surface area contributed by atoms with Crippen molar-refractivity contribution in [1.82, 2.24) is 9.78 Å². The SMILES string of the molecule is Cc1nn(CC2CC(F)(F)C2)cc1N. The molecule has 0 spiro atoms. The van der Waals surface area contributed by atoms with Gasteiger partial charge in [-0.1, -0.05) is 0 Å².